The first kappa shape index (κ1) is 12.2. The van der Waals surface area contributed by atoms with E-state index in [0.717, 1.165) is 25.9 Å². The van der Waals surface area contributed by atoms with Crippen LogP contribution >= 0.6 is 11.6 Å². The highest BCUT2D eigenvalue weighted by Crippen LogP contribution is 2.26. The SMILES string of the molecule is O=C(CN1CC2CCC(C1)O2)c1ccccc1Cl. The van der Waals surface area contributed by atoms with Crippen LogP contribution < -0.4 is 0 Å². The monoisotopic (exact) mass is 265 g/mol. The normalized spacial score (nSPS) is 27.4. The Morgan fingerprint density at radius 3 is 2.61 bits per heavy atom. The molecule has 2 unspecified atom stereocenters. The second-order valence-corrected chi connectivity index (χ2v) is 5.46. The summed E-state index contributed by atoms with van der Waals surface area (Å²) in [7, 11) is 0. The van der Waals surface area contributed by atoms with Gasteiger partial charge < -0.3 is 4.74 Å². The lowest BCUT2D eigenvalue weighted by Crippen LogP contribution is -2.44. The summed E-state index contributed by atoms with van der Waals surface area (Å²) in [4.78, 5) is 14.4. The molecule has 2 bridgehead atoms. The maximum Gasteiger partial charge on any atom is 0.178 e. The summed E-state index contributed by atoms with van der Waals surface area (Å²) >= 11 is 6.04. The van der Waals surface area contributed by atoms with Crippen LogP contribution in [0.1, 0.15) is 23.2 Å². The standard InChI is InChI=1S/C14H16ClNO2/c15-13-4-2-1-3-12(13)14(17)9-16-7-10-5-6-11(8-16)18-10/h1-4,10-11H,5-9H2. The van der Waals surface area contributed by atoms with Gasteiger partial charge in [0.15, 0.2) is 5.78 Å². The molecular formula is C14H16ClNO2. The number of likely N-dealkylation sites (tertiary alicyclic amines) is 1. The van der Waals surface area contributed by atoms with E-state index in [9.17, 15) is 4.79 Å². The van der Waals surface area contributed by atoms with E-state index in [1.807, 2.05) is 12.1 Å². The molecule has 1 aromatic rings. The van der Waals surface area contributed by atoms with Gasteiger partial charge in [-0.2, -0.15) is 0 Å². The van der Waals surface area contributed by atoms with Crippen molar-refractivity contribution < 1.29 is 9.53 Å². The number of hydrogen-bond acceptors (Lipinski definition) is 3. The van der Waals surface area contributed by atoms with Gasteiger partial charge in [0.05, 0.1) is 23.8 Å². The molecule has 4 heteroatoms. The summed E-state index contributed by atoms with van der Waals surface area (Å²) in [5.74, 6) is 0.0990. The average molecular weight is 266 g/mol. The number of benzene rings is 1. The van der Waals surface area contributed by atoms with Gasteiger partial charge in [-0.3, -0.25) is 9.69 Å². The molecule has 2 aliphatic rings. The topological polar surface area (TPSA) is 29.5 Å². The third-order valence-corrected chi connectivity index (χ3v) is 3.99. The Kier molecular flexibility index (Phi) is 3.37. The zero-order chi connectivity index (χ0) is 12.5. The number of halogens is 1. The Labute approximate surface area is 112 Å². The molecule has 0 aromatic heterocycles. The van der Waals surface area contributed by atoms with E-state index in [0.29, 0.717) is 29.3 Å². The van der Waals surface area contributed by atoms with Crippen molar-refractivity contribution in [2.24, 2.45) is 0 Å². The molecule has 0 aliphatic carbocycles. The van der Waals surface area contributed by atoms with Gasteiger partial charge in [0.2, 0.25) is 0 Å². The number of morpholine rings is 1. The fourth-order valence-corrected chi connectivity index (χ4v) is 3.05. The first-order valence-corrected chi connectivity index (χ1v) is 6.76. The summed E-state index contributed by atoms with van der Waals surface area (Å²) in [6, 6.07) is 7.24. The minimum absolute atomic E-state index is 0.0990. The Morgan fingerprint density at radius 1 is 1.28 bits per heavy atom. The summed E-state index contributed by atoms with van der Waals surface area (Å²) in [6.45, 7) is 2.18. The van der Waals surface area contributed by atoms with Crippen molar-refractivity contribution in [2.45, 2.75) is 25.0 Å². The first-order valence-electron chi connectivity index (χ1n) is 6.38. The number of hydrogen-bond donors (Lipinski definition) is 0. The van der Waals surface area contributed by atoms with Crippen molar-refractivity contribution in [3.05, 3.63) is 34.9 Å². The van der Waals surface area contributed by atoms with Crippen LogP contribution in [0.5, 0.6) is 0 Å². The predicted molar refractivity (Wildman–Crippen MR) is 70.1 cm³/mol. The van der Waals surface area contributed by atoms with Crippen molar-refractivity contribution in [1.29, 1.82) is 0 Å². The fraction of sp³-hybridized carbons (Fsp3) is 0.500. The van der Waals surface area contributed by atoms with Gasteiger partial charge in [0.25, 0.3) is 0 Å². The maximum absolute atomic E-state index is 12.2. The van der Waals surface area contributed by atoms with E-state index in [1.54, 1.807) is 12.1 Å². The number of carbonyl (C=O) groups is 1. The van der Waals surface area contributed by atoms with Gasteiger partial charge in [-0.05, 0) is 25.0 Å². The molecule has 1 aromatic carbocycles. The lowest BCUT2D eigenvalue weighted by molar-refractivity contribution is -0.0355. The molecule has 0 N–H and O–H groups in total. The van der Waals surface area contributed by atoms with Crippen LogP contribution in [-0.2, 0) is 4.74 Å². The van der Waals surface area contributed by atoms with Gasteiger partial charge in [-0.25, -0.2) is 0 Å². The number of Topliss-reactive ketones (excluding diaryl/α,β-unsaturated/α-hetero) is 1. The van der Waals surface area contributed by atoms with Crippen LogP contribution in [0.4, 0.5) is 0 Å². The highest BCUT2D eigenvalue weighted by atomic mass is 35.5. The molecule has 2 fully saturated rings. The van der Waals surface area contributed by atoms with Crippen LogP contribution in [0.25, 0.3) is 0 Å². The molecule has 2 atom stereocenters. The van der Waals surface area contributed by atoms with E-state index >= 15 is 0 Å². The van der Waals surface area contributed by atoms with E-state index < -0.39 is 0 Å². The Hall–Kier alpha value is -0.900. The second kappa shape index (κ2) is 5.00. The Morgan fingerprint density at radius 2 is 1.94 bits per heavy atom. The third-order valence-electron chi connectivity index (χ3n) is 3.66. The molecule has 0 radical (unpaired) electrons. The highest BCUT2D eigenvalue weighted by molar-refractivity contribution is 6.34. The smallest absolute Gasteiger partial charge is 0.178 e. The van der Waals surface area contributed by atoms with Crippen LogP contribution in [0.3, 0.4) is 0 Å². The Bertz CT molecular complexity index is 451. The van der Waals surface area contributed by atoms with Gasteiger partial charge in [0, 0.05) is 18.7 Å². The molecule has 2 aliphatic heterocycles. The molecule has 96 valence electrons. The molecule has 0 amide bonds. The second-order valence-electron chi connectivity index (χ2n) is 5.05. The molecule has 3 rings (SSSR count). The fourth-order valence-electron chi connectivity index (χ4n) is 2.80. The summed E-state index contributed by atoms with van der Waals surface area (Å²) in [5, 5.41) is 0.540. The Balaban J connectivity index is 1.66. The zero-order valence-corrected chi connectivity index (χ0v) is 10.9. The molecule has 3 nitrogen and oxygen atoms in total. The number of carbonyl (C=O) groups excluding carboxylic acids is 1. The highest BCUT2D eigenvalue weighted by Gasteiger charge is 2.34. The molecule has 18 heavy (non-hydrogen) atoms. The van der Waals surface area contributed by atoms with Gasteiger partial charge >= 0.3 is 0 Å². The quantitative estimate of drug-likeness (QED) is 0.786. The van der Waals surface area contributed by atoms with Crippen molar-refractivity contribution in [1.82, 2.24) is 4.90 Å². The van der Waals surface area contributed by atoms with E-state index in [-0.39, 0.29) is 5.78 Å². The minimum atomic E-state index is 0.0990. The number of rotatable bonds is 3. The van der Waals surface area contributed by atoms with Crippen LogP contribution in [0, 0.1) is 0 Å². The third kappa shape index (κ3) is 2.44. The van der Waals surface area contributed by atoms with E-state index in [4.69, 9.17) is 16.3 Å². The van der Waals surface area contributed by atoms with Crippen molar-refractivity contribution in [3.8, 4) is 0 Å². The lowest BCUT2D eigenvalue weighted by atomic mass is 10.1. The molecule has 0 spiro atoms. The van der Waals surface area contributed by atoms with Crippen molar-refractivity contribution in [3.63, 3.8) is 0 Å². The number of fused-ring (bicyclic) bond motifs is 2. The molecule has 2 heterocycles. The maximum atomic E-state index is 12.2. The minimum Gasteiger partial charge on any atom is -0.372 e. The predicted octanol–water partition coefficient (Wildman–Crippen LogP) is 2.39. The van der Waals surface area contributed by atoms with E-state index in [1.165, 1.54) is 0 Å². The van der Waals surface area contributed by atoms with Gasteiger partial charge in [-0.1, -0.05) is 23.7 Å². The largest absolute Gasteiger partial charge is 0.372 e. The molecule has 2 saturated heterocycles. The summed E-state index contributed by atoms with van der Waals surface area (Å²) < 4.78 is 5.76. The van der Waals surface area contributed by atoms with Crippen molar-refractivity contribution >= 4 is 17.4 Å². The first-order chi connectivity index (χ1) is 8.72. The van der Waals surface area contributed by atoms with E-state index in [2.05, 4.69) is 4.90 Å². The molecule has 0 saturated carbocycles. The van der Waals surface area contributed by atoms with Crippen LogP contribution in [0.15, 0.2) is 24.3 Å². The zero-order valence-electron chi connectivity index (χ0n) is 10.1. The molecular weight excluding hydrogens is 250 g/mol. The number of ether oxygens (including phenoxy) is 1. The average Bonchev–Trinajstić information content (AvgIpc) is 2.69. The summed E-state index contributed by atoms with van der Waals surface area (Å²) in [6.07, 6.45) is 2.90. The lowest BCUT2D eigenvalue weighted by Gasteiger charge is -2.31. The van der Waals surface area contributed by atoms with Gasteiger partial charge in [-0.15, -0.1) is 0 Å². The number of ketones is 1. The van der Waals surface area contributed by atoms with Gasteiger partial charge in [0.1, 0.15) is 0 Å². The number of nitrogens with zero attached hydrogens (tertiary/aromatic N) is 1. The van der Waals surface area contributed by atoms with Crippen LogP contribution in [-0.4, -0.2) is 42.5 Å². The van der Waals surface area contributed by atoms with Crippen LogP contribution in [0.2, 0.25) is 5.02 Å². The summed E-state index contributed by atoms with van der Waals surface area (Å²) in [5.41, 5.74) is 0.623. The van der Waals surface area contributed by atoms with Crippen molar-refractivity contribution in [2.75, 3.05) is 19.6 Å².